The number of thiophene rings is 1. The van der Waals surface area contributed by atoms with Crippen LogP contribution in [0.1, 0.15) is 15.4 Å². The lowest BCUT2D eigenvalue weighted by Crippen LogP contribution is -2.22. The van der Waals surface area contributed by atoms with Crippen molar-refractivity contribution in [3.8, 4) is 0 Å². The van der Waals surface area contributed by atoms with Gasteiger partial charge in [-0.3, -0.25) is 9.48 Å². The quantitative estimate of drug-likeness (QED) is 0.756. The number of benzene rings is 1. The van der Waals surface area contributed by atoms with Gasteiger partial charge in [-0.2, -0.15) is 5.10 Å². The van der Waals surface area contributed by atoms with E-state index in [2.05, 4.69) is 10.4 Å². The first kappa shape index (κ1) is 17.6. The van der Waals surface area contributed by atoms with E-state index in [4.69, 9.17) is 0 Å². The van der Waals surface area contributed by atoms with Crippen LogP contribution in [-0.2, 0) is 17.1 Å². The van der Waals surface area contributed by atoms with Crippen molar-refractivity contribution < 1.29 is 13.2 Å². The van der Waals surface area contributed by atoms with E-state index in [1.807, 2.05) is 14.0 Å². The van der Waals surface area contributed by atoms with Gasteiger partial charge in [0.25, 0.3) is 5.91 Å². The topological polar surface area (TPSA) is 84.3 Å². The molecule has 0 atom stereocenters. The number of rotatable bonds is 4. The molecule has 0 spiro atoms. The Morgan fingerprint density at radius 1 is 1.28 bits per heavy atom. The van der Waals surface area contributed by atoms with Crippen LogP contribution in [0.15, 0.2) is 35.2 Å². The highest BCUT2D eigenvalue weighted by Crippen LogP contribution is 2.28. The summed E-state index contributed by atoms with van der Waals surface area (Å²) in [5, 5.41) is 8.02. The first-order chi connectivity index (χ1) is 11.7. The summed E-state index contributed by atoms with van der Waals surface area (Å²) in [6, 6.07) is 8.02. The molecule has 7 nitrogen and oxygen atoms in total. The maximum Gasteiger partial charge on any atom is 0.265 e. The third-order valence-electron chi connectivity index (χ3n) is 3.79. The molecule has 0 aliphatic heterocycles. The lowest BCUT2D eigenvalue weighted by atomic mass is 10.3. The number of carbonyl (C=O) groups excluding carboxylic acids is 1. The van der Waals surface area contributed by atoms with Crippen molar-refractivity contribution in [1.29, 1.82) is 0 Å². The fourth-order valence-corrected chi connectivity index (χ4v) is 4.42. The van der Waals surface area contributed by atoms with Gasteiger partial charge in [0.1, 0.15) is 4.83 Å². The molecule has 3 aromatic rings. The predicted molar refractivity (Wildman–Crippen MR) is 98.6 cm³/mol. The van der Waals surface area contributed by atoms with Crippen molar-refractivity contribution in [1.82, 2.24) is 14.1 Å². The molecular formula is C16H18N4O3S2. The Kier molecular flexibility index (Phi) is 4.40. The maximum atomic E-state index is 12.5. The first-order valence-electron chi connectivity index (χ1n) is 7.47. The monoisotopic (exact) mass is 378 g/mol. The number of fused-ring (bicyclic) bond motifs is 1. The Bertz CT molecular complexity index is 1030. The largest absolute Gasteiger partial charge is 0.321 e. The van der Waals surface area contributed by atoms with Gasteiger partial charge in [0.05, 0.1) is 15.5 Å². The highest BCUT2D eigenvalue weighted by atomic mass is 32.2. The van der Waals surface area contributed by atoms with Gasteiger partial charge in [-0.05, 0) is 31.2 Å². The standard InChI is InChI=1S/C16H18N4O3S2/c1-10-13-9-14(24-16(13)20(4)18-10)15(21)17-11-6-5-7-12(8-11)25(22,23)19(2)3/h5-9H,1-4H3,(H,17,21). The van der Waals surface area contributed by atoms with Crippen molar-refractivity contribution in [3.05, 3.63) is 40.9 Å². The Morgan fingerprint density at radius 3 is 2.64 bits per heavy atom. The number of anilines is 1. The Morgan fingerprint density at radius 2 is 2.00 bits per heavy atom. The van der Waals surface area contributed by atoms with Crippen LogP contribution in [0.25, 0.3) is 10.2 Å². The summed E-state index contributed by atoms with van der Waals surface area (Å²) in [5.74, 6) is -0.278. The second kappa shape index (κ2) is 6.25. The Hall–Kier alpha value is -2.23. The third-order valence-corrected chi connectivity index (χ3v) is 6.80. The molecule has 0 saturated heterocycles. The predicted octanol–water partition coefficient (Wildman–Crippen LogP) is 2.45. The summed E-state index contributed by atoms with van der Waals surface area (Å²) < 4.78 is 27.3. The fourth-order valence-electron chi connectivity index (χ4n) is 2.45. The van der Waals surface area contributed by atoms with Crippen LogP contribution in [0.2, 0.25) is 0 Å². The third kappa shape index (κ3) is 3.17. The molecule has 0 saturated carbocycles. The van der Waals surface area contributed by atoms with E-state index in [0.717, 1.165) is 20.2 Å². The van der Waals surface area contributed by atoms with E-state index in [-0.39, 0.29) is 10.8 Å². The number of nitrogens with zero attached hydrogens (tertiary/aromatic N) is 3. The van der Waals surface area contributed by atoms with E-state index in [1.165, 1.54) is 37.6 Å². The molecule has 0 unspecified atom stereocenters. The summed E-state index contributed by atoms with van der Waals surface area (Å²) in [5.41, 5.74) is 1.30. The second-order valence-corrected chi connectivity index (χ2v) is 8.99. The average Bonchev–Trinajstić information content (AvgIpc) is 3.10. The van der Waals surface area contributed by atoms with Crippen molar-refractivity contribution in [2.24, 2.45) is 7.05 Å². The molecule has 1 N–H and O–H groups in total. The van der Waals surface area contributed by atoms with E-state index in [9.17, 15) is 13.2 Å². The molecule has 1 aromatic carbocycles. The van der Waals surface area contributed by atoms with Crippen molar-refractivity contribution >= 4 is 43.2 Å². The van der Waals surface area contributed by atoms with Crippen LogP contribution in [0.4, 0.5) is 5.69 Å². The number of sulfonamides is 1. The van der Waals surface area contributed by atoms with E-state index < -0.39 is 10.0 Å². The Labute approximate surface area is 149 Å². The summed E-state index contributed by atoms with van der Waals surface area (Å²) in [6.45, 7) is 1.90. The zero-order valence-corrected chi connectivity index (χ0v) is 15.9. The maximum absolute atomic E-state index is 12.5. The van der Waals surface area contributed by atoms with Gasteiger partial charge in [0.2, 0.25) is 10.0 Å². The van der Waals surface area contributed by atoms with E-state index in [1.54, 1.807) is 22.9 Å². The van der Waals surface area contributed by atoms with Gasteiger partial charge in [-0.25, -0.2) is 12.7 Å². The van der Waals surface area contributed by atoms with Gasteiger partial charge < -0.3 is 5.32 Å². The number of amides is 1. The van der Waals surface area contributed by atoms with E-state index >= 15 is 0 Å². The minimum Gasteiger partial charge on any atom is -0.321 e. The van der Waals surface area contributed by atoms with Gasteiger partial charge in [0, 0.05) is 32.2 Å². The van der Waals surface area contributed by atoms with Crippen molar-refractivity contribution in [2.75, 3.05) is 19.4 Å². The molecule has 2 heterocycles. The molecular weight excluding hydrogens is 360 g/mol. The minimum absolute atomic E-state index is 0.131. The molecule has 0 fully saturated rings. The highest BCUT2D eigenvalue weighted by molar-refractivity contribution is 7.89. The molecule has 3 rings (SSSR count). The van der Waals surface area contributed by atoms with Gasteiger partial charge in [-0.1, -0.05) is 6.07 Å². The number of carbonyl (C=O) groups is 1. The van der Waals surface area contributed by atoms with Crippen LogP contribution in [0.3, 0.4) is 0 Å². The normalized spacial score (nSPS) is 12.0. The zero-order valence-electron chi connectivity index (χ0n) is 14.3. The SMILES string of the molecule is Cc1nn(C)c2sc(C(=O)Nc3cccc(S(=O)(=O)N(C)C)c3)cc12. The molecule has 0 bridgehead atoms. The number of hydrogen-bond donors (Lipinski definition) is 1. The molecule has 9 heteroatoms. The first-order valence-corrected chi connectivity index (χ1v) is 9.73. The summed E-state index contributed by atoms with van der Waals surface area (Å²) >= 11 is 1.35. The van der Waals surface area contributed by atoms with Crippen LogP contribution >= 0.6 is 11.3 Å². The summed E-state index contributed by atoms with van der Waals surface area (Å²) in [4.78, 5) is 14.1. The van der Waals surface area contributed by atoms with Gasteiger partial charge >= 0.3 is 0 Å². The van der Waals surface area contributed by atoms with Gasteiger partial charge in [0.15, 0.2) is 0 Å². The average molecular weight is 378 g/mol. The summed E-state index contributed by atoms with van der Waals surface area (Å²) in [7, 11) is 1.22. The Balaban J connectivity index is 1.89. The lowest BCUT2D eigenvalue weighted by Gasteiger charge is -2.12. The molecule has 2 aromatic heterocycles. The molecule has 132 valence electrons. The van der Waals surface area contributed by atoms with Crippen LogP contribution in [0.5, 0.6) is 0 Å². The second-order valence-electron chi connectivity index (χ2n) is 5.81. The highest BCUT2D eigenvalue weighted by Gasteiger charge is 2.19. The van der Waals surface area contributed by atoms with Gasteiger partial charge in [-0.15, -0.1) is 11.3 Å². The van der Waals surface area contributed by atoms with Crippen molar-refractivity contribution in [2.45, 2.75) is 11.8 Å². The lowest BCUT2D eigenvalue weighted by molar-refractivity contribution is 0.103. The number of nitrogens with one attached hydrogen (secondary N) is 1. The number of aryl methyl sites for hydroxylation is 2. The molecule has 0 aliphatic rings. The molecule has 1 amide bonds. The van der Waals surface area contributed by atoms with Crippen LogP contribution in [0, 0.1) is 6.92 Å². The molecule has 0 radical (unpaired) electrons. The minimum atomic E-state index is -3.55. The number of aromatic nitrogens is 2. The summed E-state index contributed by atoms with van der Waals surface area (Å²) in [6.07, 6.45) is 0. The van der Waals surface area contributed by atoms with Crippen molar-refractivity contribution in [3.63, 3.8) is 0 Å². The van der Waals surface area contributed by atoms with E-state index in [0.29, 0.717) is 10.6 Å². The van der Waals surface area contributed by atoms with Crippen LogP contribution in [-0.4, -0.2) is 42.5 Å². The molecule has 25 heavy (non-hydrogen) atoms. The zero-order chi connectivity index (χ0) is 18.4. The van der Waals surface area contributed by atoms with Crippen LogP contribution < -0.4 is 5.32 Å². The fraction of sp³-hybridized carbons (Fsp3) is 0.250. The number of hydrogen-bond acceptors (Lipinski definition) is 5. The molecule has 0 aliphatic carbocycles. The smallest absolute Gasteiger partial charge is 0.265 e.